The molecule has 0 unspecified atom stereocenters. The fourth-order valence-corrected chi connectivity index (χ4v) is 2.53. The molecule has 1 aromatic carbocycles. The summed E-state index contributed by atoms with van der Waals surface area (Å²) in [7, 11) is 0. The largest absolute Gasteiger partial charge is 0.419 e. The van der Waals surface area contributed by atoms with Gasteiger partial charge in [-0.2, -0.15) is 13.2 Å². The number of hydrogen-bond donors (Lipinski definition) is 1. The van der Waals surface area contributed by atoms with Crippen LogP contribution in [0.15, 0.2) is 28.4 Å². The van der Waals surface area contributed by atoms with Gasteiger partial charge in [0, 0.05) is 30.6 Å². The van der Waals surface area contributed by atoms with Crippen molar-refractivity contribution in [2.75, 3.05) is 5.32 Å². The van der Waals surface area contributed by atoms with Crippen molar-refractivity contribution in [1.82, 2.24) is 0 Å². The van der Waals surface area contributed by atoms with Crippen LogP contribution >= 0.6 is 15.9 Å². The van der Waals surface area contributed by atoms with Crippen LogP contribution in [0.5, 0.6) is 0 Å². The van der Waals surface area contributed by atoms with E-state index in [2.05, 4.69) is 21.2 Å². The molecule has 8 nitrogen and oxygen atoms in total. The molecule has 1 aliphatic rings. The summed E-state index contributed by atoms with van der Waals surface area (Å²) in [6, 6.07) is 0.945. The number of nitro groups is 1. The lowest BCUT2D eigenvalue weighted by Gasteiger charge is -2.29. The Balaban J connectivity index is 2.42. The van der Waals surface area contributed by atoms with Crippen molar-refractivity contribution >= 4 is 39.2 Å². The molecule has 1 aromatic rings. The zero-order valence-corrected chi connectivity index (χ0v) is 14.7. The summed E-state index contributed by atoms with van der Waals surface area (Å²) in [5.41, 5.74) is -3.15. The number of anilines is 1. The predicted molar refractivity (Wildman–Crippen MR) is 83.8 cm³/mol. The van der Waals surface area contributed by atoms with Crippen molar-refractivity contribution in [3.63, 3.8) is 0 Å². The number of ether oxygens (including phenoxy) is 2. The maximum absolute atomic E-state index is 12.8. The molecule has 1 heterocycles. The molecule has 26 heavy (non-hydrogen) atoms. The van der Waals surface area contributed by atoms with Gasteiger partial charge < -0.3 is 14.8 Å². The van der Waals surface area contributed by atoms with Crippen LogP contribution in [0.3, 0.4) is 0 Å². The van der Waals surface area contributed by atoms with E-state index in [9.17, 15) is 32.9 Å². The zero-order valence-electron chi connectivity index (χ0n) is 13.1. The average Bonchev–Trinajstić information content (AvgIpc) is 2.44. The third-order valence-corrected chi connectivity index (χ3v) is 3.70. The first-order valence-corrected chi connectivity index (χ1v) is 7.59. The molecular weight excluding hydrogens is 429 g/mol. The van der Waals surface area contributed by atoms with Gasteiger partial charge in [-0.1, -0.05) is 0 Å². The number of esters is 2. The SMILES string of the molecule is CC1(C)OC(=O)C(=CNc2c(Br)cc(C(F)(F)F)cc2[N+](=O)[O-])C(=O)O1. The Labute approximate surface area is 152 Å². The maximum Gasteiger partial charge on any atom is 0.416 e. The number of halogens is 4. The third-order valence-electron chi connectivity index (χ3n) is 3.07. The molecule has 0 saturated carbocycles. The van der Waals surface area contributed by atoms with Gasteiger partial charge in [-0.05, 0) is 22.0 Å². The van der Waals surface area contributed by atoms with Crippen LogP contribution < -0.4 is 5.32 Å². The van der Waals surface area contributed by atoms with E-state index in [0.717, 1.165) is 6.20 Å². The zero-order chi connectivity index (χ0) is 19.9. The first-order valence-electron chi connectivity index (χ1n) is 6.80. The second kappa shape index (κ2) is 6.59. The molecule has 1 aliphatic heterocycles. The summed E-state index contributed by atoms with van der Waals surface area (Å²) < 4.78 is 47.8. The summed E-state index contributed by atoms with van der Waals surface area (Å²) in [5, 5.41) is 13.4. The van der Waals surface area contributed by atoms with Crippen LogP contribution in [0.4, 0.5) is 24.5 Å². The lowest BCUT2D eigenvalue weighted by Crippen LogP contribution is -2.42. The summed E-state index contributed by atoms with van der Waals surface area (Å²) in [5.74, 6) is -3.58. The van der Waals surface area contributed by atoms with Crippen molar-refractivity contribution in [2.24, 2.45) is 0 Å². The number of carbonyl (C=O) groups is 2. The molecule has 0 radical (unpaired) electrons. The minimum Gasteiger partial charge on any atom is -0.419 e. The van der Waals surface area contributed by atoms with Gasteiger partial charge in [0.15, 0.2) is 5.57 Å². The van der Waals surface area contributed by atoms with Crippen LogP contribution in [0.2, 0.25) is 0 Å². The van der Waals surface area contributed by atoms with Crippen molar-refractivity contribution in [1.29, 1.82) is 0 Å². The molecule has 140 valence electrons. The smallest absolute Gasteiger partial charge is 0.416 e. The lowest BCUT2D eigenvalue weighted by atomic mass is 10.1. The normalized spacial score (nSPS) is 16.6. The van der Waals surface area contributed by atoms with E-state index in [0.29, 0.717) is 12.1 Å². The number of rotatable bonds is 3. The van der Waals surface area contributed by atoms with E-state index in [1.807, 2.05) is 0 Å². The third kappa shape index (κ3) is 4.12. The fourth-order valence-electron chi connectivity index (χ4n) is 1.97. The molecule has 1 N–H and O–H groups in total. The minimum atomic E-state index is -4.80. The molecule has 1 fully saturated rings. The maximum atomic E-state index is 12.8. The number of benzene rings is 1. The van der Waals surface area contributed by atoms with Gasteiger partial charge in [0.05, 0.1) is 10.5 Å². The molecule has 1 saturated heterocycles. The van der Waals surface area contributed by atoms with E-state index >= 15 is 0 Å². The van der Waals surface area contributed by atoms with Crippen LogP contribution in [0.1, 0.15) is 19.4 Å². The van der Waals surface area contributed by atoms with Crippen LogP contribution in [-0.2, 0) is 25.2 Å². The Kier molecular flexibility index (Phi) is 4.99. The Morgan fingerprint density at radius 1 is 1.23 bits per heavy atom. The number of alkyl halides is 3. The highest BCUT2D eigenvalue weighted by Gasteiger charge is 2.39. The molecule has 0 spiro atoms. The van der Waals surface area contributed by atoms with E-state index < -0.39 is 45.6 Å². The number of carbonyl (C=O) groups excluding carboxylic acids is 2. The quantitative estimate of drug-likeness (QED) is 0.253. The minimum absolute atomic E-state index is 0.297. The van der Waals surface area contributed by atoms with E-state index in [1.165, 1.54) is 13.8 Å². The number of cyclic esters (lactones) is 2. The first kappa shape index (κ1) is 19.7. The van der Waals surface area contributed by atoms with Crippen molar-refractivity contribution in [3.05, 3.63) is 44.1 Å². The van der Waals surface area contributed by atoms with Crippen molar-refractivity contribution < 1.29 is 37.2 Å². The van der Waals surface area contributed by atoms with Crippen LogP contribution in [0, 0.1) is 10.1 Å². The van der Waals surface area contributed by atoms with E-state index in [1.54, 1.807) is 0 Å². The van der Waals surface area contributed by atoms with Gasteiger partial charge in [-0.3, -0.25) is 10.1 Å². The molecular formula is C14H10BrF3N2O6. The monoisotopic (exact) mass is 438 g/mol. The molecule has 12 heteroatoms. The standard InChI is InChI=1S/C14H10BrF3N2O6/c1-13(2)25-11(21)7(12(22)26-13)5-19-10-8(15)3-6(14(16,17)18)4-9(10)20(23)24/h3-5,19H,1-2H3. The highest BCUT2D eigenvalue weighted by atomic mass is 79.9. The number of hydrogen-bond acceptors (Lipinski definition) is 7. The fraction of sp³-hybridized carbons (Fsp3) is 0.286. The Bertz CT molecular complexity index is 813. The summed E-state index contributed by atoms with van der Waals surface area (Å²) in [6.07, 6.45) is -4.03. The Hall–Kier alpha value is -2.63. The van der Waals surface area contributed by atoms with Crippen molar-refractivity contribution in [3.8, 4) is 0 Å². The predicted octanol–water partition coefficient (Wildman–Crippen LogP) is 3.51. The van der Waals surface area contributed by atoms with Gasteiger partial charge in [0.2, 0.25) is 0 Å². The van der Waals surface area contributed by atoms with Crippen LogP contribution in [-0.4, -0.2) is 22.6 Å². The summed E-state index contributed by atoms with van der Waals surface area (Å²) in [4.78, 5) is 33.7. The second-order valence-electron chi connectivity index (χ2n) is 5.49. The van der Waals surface area contributed by atoms with Gasteiger partial charge in [-0.15, -0.1) is 0 Å². The molecule has 0 aromatic heterocycles. The van der Waals surface area contributed by atoms with Crippen LogP contribution in [0.25, 0.3) is 0 Å². The Morgan fingerprint density at radius 2 is 1.77 bits per heavy atom. The number of nitrogens with one attached hydrogen (secondary N) is 1. The molecule has 0 aliphatic carbocycles. The lowest BCUT2D eigenvalue weighted by molar-refractivity contribution is -0.384. The molecule has 0 atom stereocenters. The summed E-state index contributed by atoms with van der Waals surface area (Å²) >= 11 is 2.80. The topological polar surface area (TPSA) is 108 Å². The molecule has 0 bridgehead atoms. The second-order valence-corrected chi connectivity index (χ2v) is 6.34. The van der Waals surface area contributed by atoms with E-state index in [-0.39, 0.29) is 10.2 Å². The van der Waals surface area contributed by atoms with Gasteiger partial charge >= 0.3 is 18.1 Å². The molecule has 0 amide bonds. The highest BCUT2D eigenvalue weighted by molar-refractivity contribution is 9.10. The van der Waals surface area contributed by atoms with E-state index in [4.69, 9.17) is 9.47 Å². The highest BCUT2D eigenvalue weighted by Crippen LogP contribution is 2.40. The number of nitro benzene ring substituents is 1. The number of nitrogens with zero attached hydrogens (tertiary/aromatic N) is 1. The first-order chi connectivity index (χ1) is 11.8. The van der Waals surface area contributed by atoms with Crippen molar-refractivity contribution in [2.45, 2.75) is 25.8 Å². The molecule has 2 rings (SSSR count). The van der Waals surface area contributed by atoms with Gasteiger partial charge in [-0.25, -0.2) is 9.59 Å². The average molecular weight is 439 g/mol. The van der Waals surface area contributed by atoms with Gasteiger partial charge in [0.1, 0.15) is 5.69 Å². The summed E-state index contributed by atoms with van der Waals surface area (Å²) in [6.45, 7) is 2.65. The van der Waals surface area contributed by atoms with Gasteiger partial charge in [0.25, 0.3) is 11.5 Å². The Morgan fingerprint density at radius 3 is 2.23 bits per heavy atom.